The molecule has 0 radical (unpaired) electrons. The van der Waals surface area contributed by atoms with Gasteiger partial charge in [-0.05, 0) is 66.7 Å². The van der Waals surface area contributed by atoms with Gasteiger partial charge >= 0.3 is 5.97 Å². The van der Waals surface area contributed by atoms with Crippen LogP contribution < -0.4 is 10.6 Å². The van der Waals surface area contributed by atoms with Gasteiger partial charge in [-0.3, -0.25) is 9.59 Å². The molecule has 0 aromatic heterocycles. The lowest BCUT2D eigenvalue weighted by Gasteiger charge is -2.08. The molecule has 0 aliphatic heterocycles. The topological polar surface area (TPSA) is 84.5 Å². The number of ether oxygens (including phenoxy) is 1. The Morgan fingerprint density at radius 2 is 1.24 bits per heavy atom. The Labute approximate surface area is 172 Å². The lowest BCUT2D eigenvalue weighted by molar-refractivity contribution is 0.0600. The highest BCUT2D eigenvalue weighted by molar-refractivity contribution is 6.31. The van der Waals surface area contributed by atoms with Crippen molar-refractivity contribution >= 4 is 40.8 Å². The number of anilines is 2. The first kappa shape index (κ1) is 20.1. The van der Waals surface area contributed by atoms with Gasteiger partial charge in [-0.25, -0.2) is 4.79 Å². The van der Waals surface area contributed by atoms with Crippen LogP contribution in [-0.4, -0.2) is 24.9 Å². The summed E-state index contributed by atoms with van der Waals surface area (Å²) in [4.78, 5) is 36.1. The average Bonchev–Trinajstić information content (AvgIpc) is 2.74. The molecule has 0 spiro atoms. The van der Waals surface area contributed by atoms with Crippen LogP contribution in [-0.2, 0) is 4.74 Å². The third-order valence-corrected chi connectivity index (χ3v) is 4.29. The minimum absolute atomic E-state index is 0.296. The molecule has 0 atom stereocenters. The van der Waals surface area contributed by atoms with Crippen molar-refractivity contribution in [3.63, 3.8) is 0 Å². The molecular weight excluding hydrogens is 392 g/mol. The number of amides is 2. The zero-order chi connectivity index (χ0) is 20.8. The molecule has 146 valence electrons. The number of nitrogens with one attached hydrogen (secondary N) is 2. The molecule has 0 saturated carbocycles. The zero-order valence-electron chi connectivity index (χ0n) is 15.4. The van der Waals surface area contributed by atoms with Gasteiger partial charge in [0, 0.05) is 27.5 Å². The maximum absolute atomic E-state index is 12.4. The van der Waals surface area contributed by atoms with Gasteiger partial charge in [-0.2, -0.15) is 0 Å². The van der Waals surface area contributed by atoms with E-state index in [2.05, 4.69) is 15.4 Å². The smallest absolute Gasteiger partial charge is 0.337 e. The van der Waals surface area contributed by atoms with E-state index in [9.17, 15) is 14.4 Å². The van der Waals surface area contributed by atoms with Crippen molar-refractivity contribution in [3.05, 3.63) is 94.5 Å². The molecule has 6 nitrogen and oxygen atoms in total. The molecule has 29 heavy (non-hydrogen) atoms. The molecule has 0 unspecified atom stereocenters. The van der Waals surface area contributed by atoms with Crippen molar-refractivity contribution in [2.75, 3.05) is 17.7 Å². The van der Waals surface area contributed by atoms with E-state index in [1.54, 1.807) is 72.8 Å². The number of carbonyl (C=O) groups is 3. The van der Waals surface area contributed by atoms with E-state index in [-0.39, 0.29) is 11.8 Å². The number of rotatable bonds is 5. The van der Waals surface area contributed by atoms with Gasteiger partial charge in [0.1, 0.15) is 0 Å². The lowest BCUT2D eigenvalue weighted by atomic mass is 10.1. The summed E-state index contributed by atoms with van der Waals surface area (Å²) < 4.78 is 4.64. The molecule has 0 aliphatic carbocycles. The number of halogens is 1. The normalized spacial score (nSPS) is 10.1. The minimum Gasteiger partial charge on any atom is -0.465 e. The first-order valence-electron chi connectivity index (χ1n) is 8.63. The molecule has 0 fully saturated rings. The first-order chi connectivity index (χ1) is 14.0. The van der Waals surface area contributed by atoms with E-state index in [0.29, 0.717) is 33.1 Å². The maximum Gasteiger partial charge on any atom is 0.337 e. The monoisotopic (exact) mass is 408 g/mol. The predicted molar refractivity (Wildman–Crippen MR) is 112 cm³/mol. The zero-order valence-corrected chi connectivity index (χ0v) is 16.2. The molecule has 3 aromatic rings. The standard InChI is InChI=1S/C22H17ClN2O4/c1-29-22(28)15-7-11-19(12-8-15)24-20(26)14-5-9-18(10-6-14)25-21(27)16-3-2-4-17(23)13-16/h2-13H,1H3,(H,24,26)(H,25,27). The summed E-state index contributed by atoms with van der Waals surface area (Å²) in [6, 6.07) is 19.5. The van der Waals surface area contributed by atoms with E-state index in [4.69, 9.17) is 11.6 Å². The summed E-state index contributed by atoms with van der Waals surface area (Å²) in [6.07, 6.45) is 0. The van der Waals surface area contributed by atoms with Crippen LogP contribution in [0.3, 0.4) is 0 Å². The summed E-state index contributed by atoms with van der Waals surface area (Å²) in [5.41, 5.74) is 2.35. The summed E-state index contributed by atoms with van der Waals surface area (Å²) in [7, 11) is 1.30. The van der Waals surface area contributed by atoms with Crippen LogP contribution in [0.25, 0.3) is 0 Å². The van der Waals surface area contributed by atoms with Crippen LogP contribution in [0.15, 0.2) is 72.8 Å². The number of hydrogen-bond donors (Lipinski definition) is 2. The van der Waals surface area contributed by atoms with Gasteiger partial charge in [0.2, 0.25) is 0 Å². The van der Waals surface area contributed by atoms with Crippen LogP contribution in [0.5, 0.6) is 0 Å². The van der Waals surface area contributed by atoms with Crippen molar-refractivity contribution in [3.8, 4) is 0 Å². The SMILES string of the molecule is COC(=O)c1ccc(NC(=O)c2ccc(NC(=O)c3cccc(Cl)c3)cc2)cc1. The van der Waals surface area contributed by atoms with Crippen molar-refractivity contribution < 1.29 is 19.1 Å². The van der Waals surface area contributed by atoms with Crippen LogP contribution in [0, 0.1) is 0 Å². The van der Waals surface area contributed by atoms with E-state index in [1.165, 1.54) is 7.11 Å². The Morgan fingerprint density at radius 3 is 1.76 bits per heavy atom. The number of benzene rings is 3. The van der Waals surface area contributed by atoms with Crippen LogP contribution >= 0.6 is 11.6 Å². The lowest BCUT2D eigenvalue weighted by Crippen LogP contribution is -2.14. The Bertz CT molecular complexity index is 1050. The highest BCUT2D eigenvalue weighted by Crippen LogP contribution is 2.16. The number of carbonyl (C=O) groups excluding carboxylic acids is 3. The fourth-order valence-corrected chi connectivity index (χ4v) is 2.74. The fourth-order valence-electron chi connectivity index (χ4n) is 2.55. The van der Waals surface area contributed by atoms with Gasteiger partial charge in [0.05, 0.1) is 12.7 Å². The number of methoxy groups -OCH3 is 1. The predicted octanol–water partition coefficient (Wildman–Crippen LogP) is 4.63. The van der Waals surface area contributed by atoms with Crippen LogP contribution in [0.1, 0.15) is 31.1 Å². The molecule has 3 aromatic carbocycles. The molecule has 2 amide bonds. The van der Waals surface area contributed by atoms with Gasteiger partial charge in [-0.15, -0.1) is 0 Å². The van der Waals surface area contributed by atoms with Crippen molar-refractivity contribution in [1.82, 2.24) is 0 Å². The van der Waals surface area contributed by atoms with Crippen molar-refractivity contribution in [1.29, 1.82) is 0 Å². The maximum atomic E-state index is 12.4. The second kappa shape index (κ2) is 9.03. The molecule has 0 bridgehead atoms. The average molecular weight is 409 g/mol. The highest BCUT2D eigenvalue weighted by atomic mass is 35.5. The quantitative estimate of drug-likeness (QED) is 0.603. The van der Waals surface area contributed by atoms with Crippen molar-refractivity contribution in [2.24, 2.45) is 0 Å². The largest absolute Gasteiger partial charge is 0.465 e. The molecule has 0 saturated heterocycles. The highest BCUT2D eigenvalue weighted by Gasteiger charge is 2.10. The molecule has 7 heteroatoms. The summed E-state index contributed by atoms with van der Waals surface area (Å²) in [5, 5.41) is 5.97. The van der Waals surface area contributed by atoms with Crippen LogP contribution in [0.4, 0.5) is 11.4 Å². The second-order valence-electron chi connectivity index (χ2n) is 6.06. The molecule has 3 rings (SSSR count). The first-order valence-corrected chi connectivity index (χ1v) is 9.01. The van der Waals surface area contributed by atoms with E-state index < -0.39 is 5.97 Å². The van der Waals surface area contributed by atoms with E-state index in [1.807, 2.05) is 0 Å². The van der Waals surface area contributed by atoms with Gasteiger partial charge in [0.25, 0.3) is 11.8 Å². The van der Waals surface area contributed by atoms with Crippen molar-refractivity contribution in [2.45, 2.75) is 0 Å². The summed E-state index contributed by atoms with van der Waals surface area (Å²) >= 11 is 5.90. The number of hydrogen-bond acceptors (Lipinski definition) is 4. The Hall–Kier alpha value is -3.64. The Morgan fingerprint density at radius 1 is 0.724 bits per heavy atom. The third kappa shape index (κ3) is 5.21. The summed E-state index contributed by atoms with van der Waals surface area (Å²) in [5.74, 6) is -1.06. The van der Waals surface area contributed by atoms with Gasteiger partial charge in [-0.1, -0.05) is 17.7 Å². The van der Waals surface area contributed by atoms with Gasteiger partial charge in [0.15, 0.2) is 0 Å². The van der Waals surface area contributed by atoms with E-state index >= 15 is 0 Å². The molecule has 2 N–H and O–H groups in total. The Balaban J connectivity index is 1.62. The minimum atomic E-state index is -0.446. The molecule has 0 heterocycles. The Kier molecular flexibility index (Phi) is 6.26. The van der Waals surface area contributed by atoms with E-state index in [0.717, 1.165) is 0 Å². The molecular formula is C22H17ClN2O4. The second-order valence-corrected chi connectivity index (χ2v) is 6.50. The van der Waals surface area contributed by atoms with Gasteiger partial charge < -0.3 is 15.4 Å². The summed E-state index contributed by atoms with van der Waals surface area (Å²) in [6.45, 7) is 0. The fraction of sp³-hybridized carbons (Fsp3) is 0.0455. The molecule has 0 aliphatic rings. The third-order valence-electron chi connectivity index (χ3n) is 4.06. The number of esters is 1. The van der Waals surface area contributed by atoms with Crippen LogP contribution in [0.2, 0.25) is 5.02 Å².